The summed E-state index contributed by atoms with van der Waals surface area (Å²) >= 11 is 5.91. The topological polar surface area (TPSA) is 91.6 Å². The van der Waals surface area contributed by atoms with Gasteiger partial charge >= 0.3 is 12.2 Å². The average molecular weight is 389 g/mol. The molecule has 26 heavy (non-hydrogen) atoms. The van der Waals surface area contributed by atoms with Crippen molar-refractivity contribution in [2.45, 2.75) is 24.7 Å². The minimum absolute atomic E-state index is 0.0594. The molecule has 1 aromatic carbocycles. The normalized spacial score (nSPS) is 21.5. The lowest BCUT2D eigenvalue weighted by Crippen LogP contribution is -2.49. The molecular weight excluding hydrogens is 377 g/mol. The van der Waals surface area contributed by atoms with Gasteiger partial charge in [-0.3, -0.25) is 10.1 Å². The summed E-state index contributed by atoms with van der Waals surface area (Å²) in [5.41, 5.74) is -2.37. The van der Waals surface area contributed by atoms with Gasteiger partial charge in [0.1, 0.15) is 17.6 Å². The van der Waals surface area contributed by atoms with Crippen LogP contribution in [-0.4, -0.2) is 22.6 Å². The summed E-state index contributed by atoms with van der Waals surface area (Å²) in [6, 6.07) is 4.75. The van der Waals surface area contributed by atoms with Gasteiger partial charge in [-0.2, -0.15) is 13.2 Å². The smallest absolute Gasteiger partial charge is 0.416 e. The highest BCUT2D eigenvalue weighted by molar-refractivity contribution is 6.33. The number of carbonyl (C=O) groups is 2. The van der Waals surface area contributed by atoms with Gasteiger partial charge in [0.2, 0.25) is 0 Å². The van der Waals surface area contributed by atoms with E-state index in [-0.39, 0.29) is 22.1 Å². The van der Waals surface area contributed by atoms with E-state index in [9.17, 15) is 27.9 Å². The number of imide groups is 1. The molecule has 1 saturated heterocycles. The Morgan fingerprint density at radius 2 is 1.92 bits per heavy atom. The van der Waals surface area contributed by atoms with Crippen molar-refractivity contribution in [3.8, 4) is 11.3 Å². The molecule has 0 bridgehead atoms. The number of benzene rings is 1. The summed E-state index contributed by atoms with van der Waals surface area (Å²) in [7, 11) is 0. The van der Waals surface area contributed by atoms with Crippen LogP contribution in [0.1, 0.15) is 24.4 Å². The summed E-state index contributed by atoms with van der Waals surface area (Å²) in [6.45, 7) is 1.31. The molecule has 3 rings (SSSR count). The zero-order valence-corrected chi connectivity index (χ0v) is 13.9. The minimum atomic E-state index is -4.53. The molecule has 1 aliphatic rings. The van der Waals surface area contributed by atoms with Crippen molar-refractivity contribution in [2.24, 2.45) is 0 Å². The first-order valence-corrected chi connectivity index (χ1v) is 7.68. The molecule has 0 spiro atoms. The third-order valence-corrected chi connectivity index (χ3v) is 4.39. The van der Waals surface area contributed by atoms with Gasteiger partial charge in [0.25, 0.3) is 5.91 Å². The maximum absolute atomic E-state index is 12.7. The SMILES string of the molecule is CC1(C(O)c2ccc(-c3ccc(C(F)(F)F)cc3Cl)o2)NC(=O)NC1=O. The van der Waals surface area contributed by atoms with Gasteiger partial charge in [0.05, 0.1) is 10.6 Å². The monoisotopic (exact) mass is 388 g/mol. The number of alkyl halides is 3. The number of nitrogens with one attached hydrogen (secondary N) is 2. The molecule has 1 fully saturated rings. The first-order chi connectivity index (χ1) is 12.0. The van der Waals surface area contributed by atoms with E-state index in [1.54, 1.807) is 0 Å². The molecule has 3 N–H and O–H groups in total. The molecule has 0 saturated carbocycles. The average Bonchev–Trinajstić information content (AvgIpc) is 3.11. The molecule has 0 radical (unpaired) electrons. The third kappa shape index (κ3) is 3.04. The number of hydrogen-bond acceptors (Lipinski definition) is 4. The lowest BCUT2D eigenvalue weighted by atomic mass is 9.93. The molecule has 6 nitrogen and oxygen atoms in total. The van der Waals surface area contributed by atoms with E-state index in [0.717, 1.165) is 18.2 Å². The maximum atomic E-state index is 12.7. The molecule has 2 aromatic rings. The van der Waals surface area contributed by atoms with Crippen LogP contribution in [0.3, 0.4) is 0 Å². The Bertz CT molecular complexity index is 896. The Kier molecular flexibility index (Phi) is 4.24. The standard InChI is InChI=1S/C16H12ClF3N2O4/c1-15(13(24)21-14(25)22-15)12(23)11-5-4-10(26-11)8-3-2-7(6-9(8)17)16(18,19)20/h2-6,12,23H,1H3,(H2,21,22,24,25). The second kappa shape index (κ2) is 6.03. The Morgan fingerprint density at radius 3 is 2.46 bits per heavy atom. The van der Waals surface area contributed by atoms with Gasteiger partial charge < -0.3 is 14.8 Å². The van der Waals surface area contributed by atoms with Crippen LogP contribution in [0.25, 0.3) is 11.3 Å². The van der Waals surface area contributed by atoms with Crippen molar-refractivity contribution in [3.63, 3.8) is 0 Å². The van der Waals surface area contributed by atoms with Crippen LogP contribution in [0.5, 0.6) is 0 Å². The number of halogens is 4. The maximum Gasteiger partial charge on any atom is 0.416 e. The van der Waals surface area contributed by atoms with Gasteiger partial charge in [-0.25, -0.2) is 4.79 Å². The van der Waals surface area contributed by atoms with Crippen molar-refractivity contribution in [1.29, 1.82) is 0 Å². The predicted molar refractivity (Wildman–Crippen MR) is 84.2 cm³/mol. The van der Waals surface area contributed by atoms with Crippen LogP contribution >= 0.6 is 11.6 Å². The lowest BCUT2D eigenvalue weighted by Gasteiger charge is -2.25. The van der Waals surface area contributed by atoms with Crippen molar-refractivity contribution < 1.29 is 32.3 Å². The van der Waals surface area contributed by atoms with Gasteiger partial charge in [-0.1, -0.05) is 11.6 Å². The molecule has 2 unspecified atom stereocenters. The first kappa shape index (κ1) is 18.3. The summed E-state index contributed by atoms with van der Waals surface area (Å²) in [5.74, 6) is -0.692. The van der Waals surface area contributed by atoms with Gasteiger partial charge in [-0.15, -0.1) is 0 Å². The fourth-order valence-electron chi connectivity index (χ4n) is 2.57. The van der Waals surface area contributed by atoms with Gasteiger partial charge in [0.15, 0.2) is 5.54 Å². The van der Waals surface area contributed by atoms with Crippen LogP contribution in [0.2, 0.25) is 5.02 Å². The highest BCUT2D eigenvalue weighted by Crippen LogP contribution is 2.38. The fraction of sp³-hybridized carbons (Fsp3) is 0.250. The number of urea groups is 1. The number of amides is 3. The number of aliphatic hydroxyl groups is 1. The third-order valence-electron chi connectivity index (χ3n) is 4.08. The molecule has 2 atom stereocenters. The number of furan rings is 1. The second-order valence-electron chi connectivity index (χ2n) is 5.91. The molecule has 10 heteroatoms. The quantitative estimate of drug-likeness (QED) is 0.704. The minimum Gasteiger partial charge on any atom is -0.458 e. The number of rotatable bonds is 3. The molecular formula is C16H12ClF3N2O4. The second-order valence-corrected chi connectivity index (χ2v) is 6.31. The largest absolute Gasteiger partial charge is 0.458 e. The molecule has 0 aliphatic carbocycles. The van der Waals surface area contributed by atoms with E-state index in [4.69, 9.17) is 16.0 Å². The molecule has 2 heterocycles. The Balaban J connectivity index is 1.91. The summed E-state index contributed by atoms with van der Waals surface area (Å²) < 4.78 is 43.6. The summed E-state index contributed by atoms with van der Waals surface area (Å²) in [5, 5.41) is 14.5. The van der Waals surface area contributed by atoms with E-state index < -0.39 is 35.3 Å². The van der Waals surface area contributed by atoms with Crippen molar-refractivity contribution in [3.05, 3.63) is 46.7 Å². The highest BCUT2D eigenvalue weighted by Gasteiger charge is 2.49. The van der Waals surface area contributed by atoms with Crippen LogP contribution in [0.4, 0.5) is 18.0 Å². The van der Waals surface area contributed by atoms with Gasteiger partial charge in [0, 0.05) is 5.56 Å². The van der Waals surface area contributed by atoms with Crippen LogP contribution in [0, 0.1) is 0 Å². The van der Waals surface area contributed by atoms with Crippen LogP contribution in [-0.2, 0) is 11.0 Å². The number of hydrogen-bond donors (Lipinski definition) is 3. The van der Waals surface area contributed by atoms with E-state index >= 15 is 0 Å². The first-order valence-electron chi connectivity index (χ1n) is 7.31. The Labute approximate surface area is 149 Å². The Morgan fingerprint density at radius 1 is 1.23 bits per heavy atom. The molecule has 1 aromatic heterocycles. The molecule has 3 amide bonds. The summed E-state index contributed by atoms with van der Waals surface area (Å²) in [6.07, 6.45) is -6.05. The van der Waals surface area contributed by atoms with E-state index in [2.05, 4.69) is 5.32 Å². The molecule has 138 valence electrons. The van der Waals surface area contributed by atoms with Crippen molar-refractivity contribution in [2.75, 3.05) is 0 Å². The van der Waals surface area contributed by atoms with Gasteiger partial charge in [-0.05, 0) is 37.3 Å². The zero-order chi connectivity index (χ0) is 19.3. The van der Waals surface area contributed by atoms with Crippen molar-refractivity contribution in [1.82, 2.24) is 10.6 Å². The number of carbonyl (C=O) groups excluding carboxylic acids is 2. The highest BCUT2D eigenvalue weighted by atomic mass is 35.5. The van der Waals surface area contributed by atoms with Crippen molar-refractivity contribution >= 4 is 23.5 Å². The van der Waals surface area contributed by atoms with Crippen LogP contribution < -0.4 is 10.6 Å². The zero-order valence-electron chi connectivity index (χ0n) is 13.1. The van der Waals surface area contributed by atoms with E-state index in [1.165, 1.54) is 19.1 Å². The fourth-order valence-corrected chi connectivity index (χ4v) is 2.84. The molecule has 1 aliphatic heterocycles. The summed E-state index contributed by atoms with van der Waals surface area (Å²) in [4.78, 5) is 23.2. The van der Waals surface area contributed by atoms with E-state index in [1.807, 2.05) is 5.32 Å². The predicted octanol–water partition coefficient (Wildman–Crippen LogP) is 3.25. The number of aliphatic hydroxyl groups excluding tert-OH is 1. The lowest BCUT2D eigenvalue weighted by molar-refractivity contribution is -0.137. The Hall–Kier alpha value is -2.52. The van der Waals surface area contributed by atoms with E-state index in [0.29, 0.717) is 0 Å². The van der Waals surface area contributed by atoms with Crippen LogP contribution in [0.15, 0.2) is 34.7 Å².